The predicted molar refractivity (Wildman–Crippen MR) is 80.6 cm³/mol. The Hall–Kier alpha value is -1.73. The van der Waals surface area contributed by atoms with E-state index in [1.807, 2.05) is 6.07 Å². The van der Waals surface area contributed by atoms with Crippen LogP contribution < -0.4 is 4.90 Å². The van der Waals surface area contributed by atoms with Crippen LogP contribution in [0.2, 0.25) is 0 Å². The van der Waals surface area contributed by atoms with E-state index >= 15 is 0 Å². The summed E-state index contributed by atoms with van der Waals surface area (Å²) >= 11 is 0. The Morgan fingerprint density at radius 2 is 2.18 bits per heavy atom. The molecule has 1 saturated carbocycles. The zero-order valence-corrected chi connectivity index (χ0v) is 13.0. The second-order valence-electron chi connectivity index (χ2n) is 5.86. The molecule has 2 heterocycles. The number of carbonyl (C=O) groups is 1. The highest BCUT2D eigenvalue weighted by atomic mass is 16.5. The first kappa shape index (κ1) is 15.2. The maximum absolute atomic E-state index is 11.7. The first-order chi connectivity index (χ1) is 10.7. The van der Waals surface area contributed by atoms with E-state index in [9.17, 15) is 4.79 Å². The fourth-order valence-electron chi connectivity index (χ4n) is 3.09. The summed E-state index contributed by atoms with van der Waals surface area (Å²) < 4.78 is 11.7. The molecule has 3 atom stereocenters. The van der Waals surface area contributed by atoms with E-state index < -0.39 is 0 Å². The topological polar surface area (TPSA) is 67.8 Å². The Morgan fingerprint density at radius 3 is 2.91 bits per heavy atom. The fraction of sp³-hybridized carbons (Fsp3) is 0.667. The molecule has 2 fully saturated rings. The molecule has 0 spiro atoms. The summed E-state index contributed by atoms with van der Waals surface area (Å²) in [5, 5.41) is 0. The molecular formula is C15H22N4O3. The zero-order chi connectivity index (χ0) is 15.5. The highest BCUT2D eigenvalue weighted by Crippen LogP contribution is 2.33. The Morgan fingerprint density at radius 1 is 1.41 bits per heavy atom. The smallest absolute Gasteiger partial charge is 0.248 e. The standard InChI is InChI=1S/C15H22N4O3/c1-18(2)13(20)10-22-12-5-4-11-14(12)21-9-8-19(11)15-16-6-3-7-17-15/h3,6-7,11-12,14H,4-5,8-10H2,1-2H3/t11-,12+,14+/m0/s1. The van der Waals surface area contributed by atoms with Crippen molar-refractivity contribution in [3.63, 3.8) is 0 Å². The van der Waals surface area contributed by atoms with Crippen molar-refractivity contribution in [1.29, 1.82) is 0 Å². The van der Waals surface area contributed by atoms with Crippen LogP contribution in [0.15, 0.2) is 18.5 Å². The largest absolute Gasteiger partial charge is 0.372 e. The van der Waals surface area contributed by atoms with Gasteiger partial charge in [-0.15, -0.1) is 0 Å². The normalized spacial score (nSPS) is 27.5. The van der Waals surface area contributed by atoms with Gasteiger partial charge in [-0.05, 0) is 18.9 Å². The minimum absolute atomic E-state index is 0.0208. The second kappa shape index (κ2) is 6.58. The highest BCUT2D eigenvalue weighted by Gasteiger charge is 2.44. The van der Waals surface area contributed by atoms with Gasteiger partial charge < -0.3 is 19.3 Å². The molecule has 3 rings (SSSR count). The number of fused-ring (bicyclic) bond motifs is 1. The Balaban J connectivity index is 1.64. The van der Waals surface area contributed by atoms with Gasteiger partial charge in [0.2, 0.25) is 11.9 Å². The SMILES string of the molecule is CN(C)C(=O)CO[C@@H]1CC[C@H]2[C@H]1OCCN2c1ncccn1. The quantitative estimate of drug-likeness (QED) is 0.798. The van der Waals surface area contributed by atoms with Gasteiger partial charge in [-0.1, -0.05) is 0 Å². The predicted octanol–water partition coefficient (Wildman–Crippen LogP) is 0.318. The summed E-state index contributed by atoms with van der Waals surface area (Å²) in [6, 6.07) is 2.03. The molecular weight excluding hydrogens is 284 g/mol. The van der Waals surface area contributed by atoms with E-state index in [0.29, 0.717) is 6.61 Å². The minimum atomic E-state index is -0.0413. The number of ether oxygens (including phenoxy) is 2. The summed E-state index contributed by atoms with van der Waals surface area (Å²) in [5.74, 6) is 0.716. The van der Waals surface area contributed by atoms with E-state index in [0.717, 1.165) is 25.3 Å². The molecule has 0 aromatic carbocycles. The number of rotatable bonds is 4. The lowest BCUT2D eigenvalue weighted by atomic mass is 10.1. The zero-order valence-electron chi connectivity index (χ0n) is 13.0. The Kier molecular flexibility index (Phi) is 4.54. The number of hydrogen-bond donors (Lipinski definition) is 0. The molecule has 0 N–H and O–H groups in total. The van der Waals surface area contributed by atoms with Crippen LogP contribution in [-0.2, 0) is 14.3 Å². The van der Waals surface area contributed by atoms with Crippen LogP contribution in [0.25, 0.3) is 0 Å². The summed E-state index contributed by atoms with van der Waals surface area (Å²) in [5.41, 5.74) is 0. The molecule has 1 amide bonds. The van der Waals surface area contributed by atoms with Gasteiger partial charge >= 0.3 is 0 Å². The van der Waals surface area contributed by atoms with E-state index in [1.54, 1.807) is 26.5 Å². The molecule has 1 saturated heterocycles. The van der Waals surface area contributed by atoms with Gasteiger partial charge in [0.1, 0.15) is 12.7 Å². The lowest BCUT2D eigenvalue weighted by Gasteiger charge is -2.38. The number of nitrogens with zero attached hydrogens (tertiary/aromatic N) is 4. The van der Waals surface area contributed by atoms with Crippen LogP contribution in [0.4, 0.5) is 5.95 Å². The number of carbonyl (C=O) groups excluding carboxylic acids is 1. The number of morpholine rings is 1. The lowest BCUT2D eigenvalue weighted by molar-refractivity contribution is -0.139. The molecule has 7 heteroatoms. The molecule has 0 unspecified atom stereocenters. The van der Waals surface area contributed by atoms with Gasteiger partial charge in [0.05, 0.1) is 18.8 Å². The Bertz CT molecular complexity index is 511. The van der Waals surface area contributed by atoms with Crippen LogP contribution in [0.3, 0.4) is 0 Å². The lowest BCUT2D eigenvalue weighted by Crippen LogP contribution is -2.52. The van der Waals surface area contributed by atoms with Crippen molar-refractivity contribution in [2.24, 2.45) is 0 Å². The number of anilines is 1. The number of hydrogen-bond acceptors (Lipinski definition) is 6. The average Bonchev–Trinajstić information content (AvgIpc) is 2.96. The summed E-state index contributed by atoms with van der Waals surface area (Å²) in [6.45, 7) is 1.52. The number of likely N-dealkylation sites (N-methyl/N-ethyl adjacent to an activating group) is 1. The molecule has 1 aliphatic heterocycles. The van der Waals surface area contributed by atoms with Gasteiger partial charge in [-0.2, -0.15) is 0 Å². The Labute approximate surface area is 130 Å². The molecule has 7 nitrogen and oxygen atoms in total. The molecule has 1 aliphatic carbocycles. The summed E-state index contributed by atoms with van der Waals surface area (Å²) in [7, 11) is 3.46. The molecule has 2 aliphatic rings. The maximum atomic E-state index is 11.7. The third-order valence-electron chi connectivity index (χ3n) is 4.26. The maximum Gasteiger partial charge on any atom is 0.248 e. The molecule has 120 valence electrons. The van der Waals surface area contributed by atoms with Crippen molar-refractivity contribution in [3.05, 3.63) is 18.5 Å². The van der Waals surface area contributed by atoms with Crippen LogP contribution in [0.5, 0.6) is 0 Å². The first-order valence-electron chi connectivity index (χ1n) is 7.64. The average molecular weight is 306 g/mol. The van der Waals surface area contributed by atoms with Crippen LogP contribution >= 0.6 is 0 Å². The van der Waals surface area contributed by atoms with E-state index in [2.05, 4.69) is 14.9 Å². The third kappa shape index (κ3) is 3.05. The minimum Gasteiger partial charge on any atom is -0.372 e. The van der Waals surface area contributed by atoms with Crippen LogP contribution in [-0.4, -0.2) is 72.9 Å². The van der Waals surface area contributed by atoms with E-state index in [-0.39, 0.29) is 30.8 Å². The molecule has 22 heavy (non-hydrogen) atoms. The number of aromatic nitrogens is 2. The van der Waals surface area contributed by atoms with Crippen molar-refractivity contribution in [2.75, 3.05) is 38.8 Å². The van der Waals surface area contributed by atoms with Crippen molar-refractivity contribution in [2.45, 2.75) is 31.1 Å². The van der Waals surface area contributed by atoms with E-state index in [1.165, 1.54) is 4.90 Å². The van der Waals surface area contributed by atoms with Gasteiger partial charge in [0.15, 0.2) is 0 Å². The molecule has 0 radical (unpaired) electrons. The number of amides is 1. The van der Waals surface area contributed by atoms with Gasteiger partial charge in [0, 0.05) is 33.0 Å². The van der Waals surface area contributed by atoms with Crippen molar-refractivity contribution in [3.8, 4) is 0 Å². The van der Waals surface area contributed by atoms with Gasteiger partial charge in [-0.3, -0.25) is 4.79 Å². The molecule has 0 bridgehead atoms. The van der Waals surface area contributed by atoms with Crippen molar-refractivity contribution < 1.29 is 14.3 Å². The van der Waals surface area contributed by atoms with Crippen molar-refractivity contribution in [1.82, 2.24) is 14.9 Å². The monoisotopic (exact) mass is 306 g/mol. The molecule has 1 aromatic heterocycles. The highest BCUT2D eigenvalue weighted by molar-refractivity contribution is 5.76. The van der Waals surface area contributed by atoms with Gasteiger partial charge in [-0.25, -0.2) is 9.97 Å². The fourth-order valence-corrected chi connectivity index (χ4v) is 3.09. The van der Waals surface area contributed by atoms with Crippen LogP contribution in [0.1, 0.15) is 12.8 Å². The summed E-state index contributed by atoms with van der Waals surface area (Å²) in [4.78, 5) is 24.1. The van der Waals surface area contributed by atoms with Crippen molar-refractivity contribution >= 4 is 11.9 Å². The molecule has 1 aromatic rings. The summed E-state index contributed by atoms with van der Waals surface area (Å²) in [6.07, 6.45) is 5.30. The second-order valence-corrected chi connectivity index (χ2v) is 5.86. The third-order valence-corrected chi connectivity index (χ3v) is 4.26. The van der Waals surface area contributed by atoms with E-state index in [4.69, 9.17) is 9.47 Å². The van der Waals surface area contributed by atoms with Gasteiger partial charge in [0.25, 0.3) is 0 Å². The first-order valence-corrected chi connectivity index (χ1v) is 7.64. The van der Waals surface area contributed by atoms with Crippen LogP contribution in [0, 0.1) is 0 Å².